The van der Waals surface area contributed by atoms with Gasteiger partial charge in [0, 0.05) is 44.3 Å². The lowest BCUT2D eigenvalue weighted by atomic mass is 9.77. The summed E-state index contributed by atoms with van der Waals surface area (Å²) in [5.74, 6) is -2.07. The van der Waals surface area contributed by atoms with Gasteiger partial charge < -0.3 is 48.6 Å². The van der Waals surface area contributed by atoms with Gasteiger partial charge in [-0.25, -0.2) is 0 Å². The maximum Gasteiger partial charge on any atom is 0.312 e. The molecule has 3 aliphatic heterocycles. The highest BCUT2D eigenvalue weighted by Crippen LogP contribution is 2.40. The van der Waals surface area contributed by atoms with Gasteiger partial charge in [0.2, 0.25) is 0 Å². The summed E-state index contributed by atoms with van der Waals surface area (Å²) < 4.78 is 37.9. The molecule has 3 saturated heterocycles. The second kappa shape index (κ2) is 16.5. The van der Waals surface area contributed by atoms with Gasteiger partial charge in [-0.15, -0.1) is 0 Å². The van der Waals surface area contributed by atoms with Crippen molar-refractivity contribution in [1.82, 2.24) is 20.0 Å². The molecule has 4 N–H and O–H groups in total. The van der Waals surface area contributed by atoms with E-state index in [0.29, 0.717) is 25.1 Å². The number of nitrogens with zero attached hydrogens (tertiary/aromatic N) is 3. The number of carbonyl (C=O) groups is 1. The molecule has 0 spiro atoms. The van der Waals surface area contributed by atoms with Crippen LogP contribution >= 0.6 is 0 Å². The fourth-order valence-electron chi connectivity index (χ4n) is 8.26. The predicted octanol–water partition coefficient (Wildman–Crippen LogP) is 2.47. The molecule has 3 aliphatic rings. The van der Waals surface area contributed by atoms with Gasteiger partial charge in [-0.2, -0.15) is 5.10 Å². The van der Waals surface area contributed by atoms with Crippen molar-refractivity contribution < 1.29 is 48.5 Å². The number of aliphatic hydroxyl groups is 3. The summed E-state index contributed by atoms with van der Waals surface area (Å²) in [6.45, 7) is 15.5. The third kappa shape index (κ3) is 9.07. The summed E-state index contributed by atoms with van der Waals surface area (Å²) in [6, 6.07) is 1.32. The minimum atomic E-state index is -1.46. The predicted molar refractivity (Wildman–Crippen MR) is 185 cm³/mol. The molecular weight excluding hydrogens is 648 g/mol. The summed E-state index contributed by atoms with van der Waals surface area (Å²) >= 11 is 0. The van der Waals surface area contributed by atoms with Crippen molar-refractivity contribution in [1.29, 1.82) is 0 Å². The number of aliphatic hydroxyl groups excluding tert-OH is 2. The highest BCUT2D eigenvalue weighted by atomic mass is 16.7. The number of ether oxygens (including phenoxy) is 6. The van der Waals surface area contributed by atoms with Crippen molar-refractivity contribution >= 4 is 5.97 Å². The lowest BCUT2D eigenvalue weighted by Crippen LogP contribution is -2.60. The number of esters is 1. The molecule has 14 nitrogen and oxygen atoms in total. The molecule has 0 amide bonds. The van der Waals surface area contributed by atoms with Crippen LogP contribution < -0.4 is 0 Å². The van der Waals surface area contributed by atoms with Crippen LogP contribution in [0.1, 0.15) is 86.5 Å². The summed E-state index contributed by atoms with van der Waals surface area (Å²) in [7, 11) is 7.32. The Morgan fingerprint density at radius 1 is 1.06 bits per heavy atom. The Morgan fingerprint density at radius 3 is 2.34 bits per heavy atom. The van der Waals surface area contributed by atoms with E-state index in [1.54, 1.807) is 40.0 Å². The first-order valence-corrected chi connectivity index (χ1v) is 18.1. The number of methoxy groups -OCH3 is 1. The van der Waals surface area contributed by atoms with Gasteiger partial charge in [-0.3, -0.25) is 14.8 Å². The molecule has 4 rings (SSSR count). The first kappa shape index (κ1) is 41.0. The highest BCUT2D eigenvalue weighted by molar-refractivity contribution is 5.73. The van der Waals surface area contributed by atoms with Crippen LogP contribution in [0.2, 0.25) is 0 Å². The smallest absolute Gasteiger partial charge is 0.312 e. The average molecular weight is 713 g/mol. The average Bonchev–Trinajstić information content (AvgIpc) is 3.58. The molecule has 4 heterocycles. The largest absolute Gasteiger partial charge is 0.454 e. The third-order valence-corrected chi connectivity index (χ3v) is 11.4. The van der Waals surface area contributed by atoms with E-state index in [1.807, 2.05) is 46.8 Å². The van der Waals surface area contributed by atoms with Crippen molar-refractivity contribution in [2.24, 2.45) is 17.8 Å². The van der Waals surface area contributed by atoms with Crippen LogP contribution in [0.5, 0.6) is 0 Å². The van der Waals surface area contributed by atoms with Crippen LogP contribution in [-0.2, 0) is 33.2 Å². The molecular formula is C36H64N4O10. The first-order valence-electron chi connectivity index (χ1n) is 18.1. The van der Waals surface area contributed by atoms with Gasteiger partial charge in [0.1, 0.15) is 12.2 Å². The zero-order valence-electron chi connectivity index (χ0n) is 32.1. The molecule has 50 heavy (non-hydrogen) atoms. The fraction of sp³-hybridized carbons (Fsp3) is 0.889. The van der Waals surface area contributed by atoms with Crippen molar-refractivity contribution in [3.8, 4) is 0 Å². The Labute approximate surface area is 298 Å². The highest BCUT2D eigenvalue weighted by Gasteiger charge is 2.51. The van der Waals surface area contributed by atoms with Crippen molar-refractivity contribution in [3.05, 3.63) is 18.0 Å². The number of H-pyrrole nitrogens is 1. The molecule has 0 saturated carbocycles. The van der Waals surface area contributed by atoms with Crippen LogP contribution in [0.25, 0.3) is 0 Å². The topological polar surface area (TPSA) is 168 Å². The van der Waals surface area contributed by atoms with Gasteiger partial charge in [-0.1, -0.05) is 13.8 Å². The van der Waals surface area contributed by atoms with Crippen LogP contribution in [0, 0.1) is 17.8 Å². The van der Waals surface area contributed by atoms with Gasteiger partial charge in [-0.05, 0) is 87.5 Å². The maximum atomic E-state index is 14.3. The molecule has 14 heteroatoms. The van der Waals surface area contributed by atoms with Crippen LogP contribution in [-0.4, -0.2) is 149 Å². The molecule has 0 aromatic carbocycles. The third-order valence-electron chi connectivity index (χ3n) is 11.4. The van der Waals surface area contributed by atoms with Crippen molar-refractivity contribution in [2.75, 3.05) is 34.8 Å². The number of rotatable bonds is 7. The lowest BCUT2D eigenvalue weighted by molar-refractivity contribution is -0.317. The zero-order valence-corrected chi connectivity index (χ0v) is 32.1. The Morgan fingerprint density at radius 2 is 1.74 bits per heavy atom. The number of aromatic nitrogens is 2. The van der Waals surface area contributed by atoms with E-state index in [-0.39, 0.29) is 30.5 Å². The van der Waals surface area contributed by atoms with E-state index in [9.17, 15) is 20.1 Å². The molecule has 0 bridgehead atoms. The molecule has 1 aromatic heterocycles. The number of aromatic amines is 1. The molecule has 0 aliphatic carbocycles. The van der Waals surface area contributed by atoms with Crippen LogP contribution in [0.3, 0.4) is 0 Å². The van der Waals surface area contributed by atoms with Gasteiger partial charge >= 0.3 is 5.97 Å². The Balaban J connectivity index is 1.79. The summed E-state index contributed by atoms with van der Waals surface area (Å²) in [6.07, 6.45) is -4.45. The second-order valence-corrected chi connectivity index (χ2v) is 16.0. The fourth-order valence-corrected chi connectivity index (χ4v) is 8.26. The van der Waals surface area contributed by atoms with E-state index < -0.39 is 78.2 Å². The number of likely N-dealkylation sites (N-methyl/N-ethyl adjacent to an activating group) is 2. The Hall–Kier alpha value is -1.72. The SMILES string of the molecule is CO[C@]1(C)C[C@H](O[C@H]2[C@H](C)[C@@H](O[C@@H]3O[C@H](C)C[C@H](N(C)C)[C@H]3O)[C@@](C)(O)C[C@@H](C)CN(C)[C@@H](C)[C@H](c3ccn[nH]3)OC(=O)[C@@H]2C)O[C@@H](C)[C@@H]1O. The van der Waals surface area contributed by atoms with E-state index in [4.69, 9.17) is 28.4 Å². The summed E-state index contributed by atoms with van der Waals surface area (Å²) in [5, 5.41) is 42.0. The van der Waals surface area contributed by atoms with Gasteiger partial charge in [0.05, 0.1) is 47.2 Å². The maximum absolute atomic E-state index is 14.3. The number of nitrogens with one attached hydrogen (secondary N) is 1. The second-order valence-electron chi connectivity index (χ2n) is 16.0. The van der Waals surface area contributed by atoms with E-state index in [2.05, 4.69) is 22.0 Å². The van der Waals surface area contributed by atoms with Crippen LogP contribution in [0.4, 0.5) is 0 Å². The Kier molecular flexibility index (Phi) is 13.6. The van der Waals surface area contributed by atoms with E-state index in [0.717, 1.165) is 0 Å². The molecule has 0 radical (unpaired) electrons. The standard InChI is InChI=1S/C36H64N4O10/c1-19-16-35(7,44)32(50-34-28(41)26(39(9)10)15-20(2)46-34)21(3)29(48-27-17-36(8,45-12)31(42)24(6)47-27)22(4)33(43)49-30(23(5)40(11)18-19)25-13-14-37-38-25/h13-14,19-24,26-32,34,41-42,44H,15-18H2,1-12H3,(H,37,38)/t19-,20-,21+,22-,23+,24+,26+,27+,28-,29+,30-,31+,32-,34+,35+,36-/m1/s1. The molecule has 0 unspecified atom stereocenters. The van der Waals surface area contributed by atoms with Gasteiger partial charge in [0.25, 0.3) is 0 Å². The normalized spacial score (nSPS) is 46.1. The van der Waals surface area contributed by atoms with Crippen molar-refractivity contribution in [2.45, 2.75) is 153 Å². The van der Waals surface area contributed by atoms with Crippen LogP contribution in [0.15, 0.2) is 12.3 Å². The number of cyclic esters (lactones) is 1. The minimum absolute atomic E-state index is 0.0246. The molecule has 1 aromatic rings. The van der Waals surface area contributed by atoms with E-state index >= 15 is 0 Å². The van der Waals surface area contributed by atoms with E-state index in [1.165, 1.54) is 7.11 Å². The quantitative estimate of drug-likeness (QED) is 0.305. The monoisotopic (exact) mass is 712 g/mol. The number of hydrogen-bond acceptors (Lipinski definition) is 13. The molecule has 288 valence electrons. The minimum Gasteiger partial charge on any atom is -0.454 e. The summed E-state index contributed by atoms with van der Waals surface area (Å²) in [5.41, 5.74) is -1.77. The molecule has 16 atom stereocenters. The molecule has 3 fully saturated rings. The Bertz CT molecular complexity index is 1220. The first-order chi connectivity index (χ1) is 23.3. The number of carbonyl (C=O) groups excluding carboxylic acids is 1. The van der Waals surface area contributed by atoms with Gasteiger partial charge in [0.15, 0.2) is 18.7 Å². The van der Waals surface area contributed by atoms with Crippen molar-refractivity contribution in [3.63, 3.8) is 0 Å². The lowest BCUT2D eigenvalue weighted by Gasteiger charge is -2.48. The summed E-state index contributed by atoms with van der Waals surface area (Å²) in [4.78, 5) is 18.3. The zero-order chi connectivity index (χ0) is 37.3. The number of hydrogen-bond donors (Lipinski definition) is 4.